The summed E-state index contributed by atoms with van der Waals surface area (Å²) in [6.45, 7) is 4.01. The summed E-state index contributed by atoms with van der Waals surface area (Å²) in [5.74, 6) is -0.00343. The number of thiazole rings is 1. The van der Waals surface area contributed by atoms with Gasteiger partial charge in [0.1, 0.15) is 0 Å². The monoisotopic (exact) mass is 489 g/mol. The molecule has 1 aromatic heterocycles. The number of rotatable bonds is 5. The molecule has 8 heteroatoms. The van der Waals surface area contributed by atoms with Crippen LogP contribution in [0.4, 0.5) is 11.4 Å². The van der Waals surface area contributed by atoms with E-state index in [2.05, 4.69) is 22.5 Å². The van der Waals surface area contributed by atoms with E-state index in [4.69, 9.17) is 0 Å². The minimum atomic E-state index is -0.207. The summed E-state index contributed by atoms with van der Waals surface area (Å²) in [7, 11) is 0. The van der Waals surface area contributed by atoms with Crippen molar-refractivity contribution < 1.29 is 14.4 Å². The molecule has 172 valence electrons. The van der Waals surface area contributed by atoms with Gasteiger partial charge in [-0.3, -0.25) is 14.4 Å². The standard InChI is InChI=1S/C26H23N3O3S2/c1-13-4-3-5-18(14(13)2)27-21(30)12-33-26-28-19-9-8-17(11-20(19)34-26)29-24(31)22-15-6-7-16(10-15)23(22)25(29)32/h3-9,11,15-16,22-23H,10,12H2,1-2H3,(H,27,30)/t15-,16-,22-,23+/m0/s1. The Morgan fingerprint density at radius 2 is 1.85 bits per heavy atom. The number of imide groups is 1. The molecule has 3 aromatic rings. The first-order valence-electron chi connectivity index (χ1n) is 11.4. The molecule has 0 radical (unpaired) electrons. The van der Waals surface area contributed by atoms with Crippen LogP contribution in [0.1, 0.15) is 17.5 Å². The first-order valence-corrected chi connectivity index (χ1v) is 13.2. The third kappa shape index (κ3) is 3.39. The lowest BCUT2D eigenvalue weighted by Gasteiger charge is -2.17. The Morgan fingerprint density at radius 3 is 2.59 bits per heavy atom. The summed E-state index contributed by atoms with van der Waals surface area (Å²) in [6.07, 6.45) is 5.13. The van der Waals surface area contributed by atoms with E-state index in [9.17, 15) is 14.4 Å². The molecule has 2 bridgehead atoms. The minimum absolute atomic E-state index is 0.0755. The number of aromatic nitrogens is 1. The number of carbonyl (C=O) groups excluding carboxylic acids is 3. The molecule has 4 atom stereocenters. The number of nitrogens with zero attached hydrogens (tertiary/aromatic N) is 2. The molecule has 34 heavy (non-hydrogen) atoms. The number of thioether (sulfide) groups is 1. The van der Waals surface area contributed by atoms with Gasteiger partial charge in [-0.1, -0.05) is 36.0 Å². The van der Waals surface area contributed by atoms with E-state index in [-0.39, 0.29) is 47.1 Å². The van der Waals surface area contributed by atoms with Crippen molar-refractivity contribution >= 4 is 62.4 Å². The third-order valence-electron chi connectivity index (χ3n) is 7.29. The van der Waals surface area contributed by atoms with Crippen molar-refractivity contribution in [3.63, 3.8) is 0 Å². The van der Waals surface area contributed by atoms with E-state index >= 15 is 0 Å². The molecule has 2 heterocycles. The molecule has 3 aliphatic rings. The Morgan fingerprint density at radius 1 is 1.12 bits per heavy atom. The molecule has 1 saturated carbocycles. The number of hydrogen-bond acceptors (Lipinski definition) is 6. The van der Waals surface area contributed by atoms with Gasteiger partial charge in [-0.2, -0.15) is 0 Å². The van der Waals surface area contributed by atoms with E-state index in [0.29, 0.717) is 5.69 Å². The zero-order valence-corrected chi connectivity index (χ0v) is 20.4. The summed E-state index contributed by atoms with van der Waals surface area (Å²) < 4.78 is 1.68. The molecule has 1 saturated heterocycles. The van der Waals surface area contributed by atoms with Gasteiger partial charge in [0.2, 0.25) is 17.7 Å². The van der Waals surface area contributed by atoms with Crippen molar-refractivity contribution in [3.05, 3.63) is 59.7 Å². The minimum Gasteiger partial charge on any atom is -0.325 e. The van der Waals surface area contributed by atoms with Crippen molar-refractivity contribution in [2.24, 2.45) is 23.7 Å². The van der Waals surface area contributed by atoms with Gasteiger partial charge in [-0.25, -0.2) is 9.88 Å². The van der Waals surface area contributed by atoms with Gasteiger partial charge >= 0.3 is 0 Å². The zero-order chi connectivity index (χ0) is 23.6. The molecule has 2 fully saturated rings. The first kappa shape index (κ1) is 21.6. The van der Waals surface area contributed by atoms with Gasteiger partial charge in [-0.05, 0) is 67.5 Å². The molecule has 0 unspecified atom stereocenters. The quantitative estimate of drug-likeness (QED) is 0.311. The third-order valence-corrected chi connectivity index (χ3v) is 9.45. The van der Waals surface area contributed by atoms with Crippen LogP contribution in [0.3, 0.4) is 0 Å². The number of amides is 3. The van der Waals surface area contributed by atoms with E-state index in [1.54, 1.807) is 6.07 Å². The molecule has 0 spiro atoms. The highest BCUT2D eigenvalue weighted by Gasteiger charge is 2.59. The fourth-order valence-corrected chi connectivity index (χ4v) is 7.35. The molecule has 6 nitrogen and oxygen atoms in total. The van der Waals surface area contributed by atoms with Crippen molar-refractivity contribution in [1.29, 1.82) is 0 Å². The molecule has 1 aliphatic heterocycles. The number of fused-ring (bicyclic) bond motifs is 6. The van der Waals surface area contributed by atoms with Crippen LogP contribution in [-0.4, -0.2) is 28.5 Å². The van der Waals surface area contributed by atoms with Gasteiger partial charge in [0, 0.05) is 5.69 Å². The lowest BCUT2D eigenvalue weighted by molar-refractivity contribution is -0.123. The van der Waals surface area contributed by atoms with Gasteiger partial charge in [0.25, 0.3) is 0 Å². The van der Waals surface area contributed by atoms with Crippen molar-refractivity contribution in [2.75, 3.05) is 16.0 Å². The zero-order valence-electron chi connectivity index (χ0n) is 18.8. The summed E-state index contributed by atoms with van der Waals surface area (Å²) in [5.41, 5.74) is 4.44. The molecule has 3 amide bonds. The highest BCUT2D eigenvalue weighted by atomic mass is 32.2. The Labute approximate surface area is 205 Å². The second-order valence-corrected chi connectivity index (χ2v) is 11.5. The predicted molar refractivity (Wildman–Crippen MR) is 135 cm³/mol. The number of nitrogens with one attached hydrogen (secondary N) is 1. The van der Waals surface area contributed by atoms with Crippen LogP contribution < -0.4 is 10.2 Å². The predicted octanol–water partition coefficient (Wildman–Crippen LogP) is 4.96. The molecule has 2 aliphatic carbocycles. The second kappa shape index (κ2) is 8.06. The molecular formula is C26H23N3O3S2. The number of hydrogen-bond donors (Lipinski definition) is 1. The average molecular weight is 490 g/mol. The van der Waals surface area contributed by atoms with Crippen LogP contribution in [0, 0.1) is 37.5 Å². The number of carbonyl (C=O) groups is 3. The number of aryl methyl sites for hydroxylation is 1. The maximum Gasteiger partial charge on any atom is 0.238 e. The van der Waals surface area contributed by atoms with Crippen LogP contribution in [0.5, 0.6) is 0 Å². The largest absolute Gasteiger partial charge is 0.325 e. The van der Waals surface area contributed by atoms with Gasteiger partial charge < -0.3 is 5.32 Å². The van der Waals surface area contributed by atoms with Crippen molar-refractivity contribution in [2.45, 2.75) is 24.6 Å². The number of anilines is 2. The topological polar surface area (TPSA) is 79.4 Å². The summed E-state index contributed by atoms with van der Waals surface area (Å²) in [4.78, 5) is 44.7. The van der Waals surface area contributed by atoms with Crippen LogP contribution in [0.25, 0.3) is 10.2 Å². The van der Waals surface area contributed by atoms with Gasteiger partial charge in [0.15, 0.2) is 4.34 Å². The van der Waals surface area contributed by atoms with Crippen LogP contribution in [0.15, 0.2) is 52.9 Å². The highest BCUT2D eigenvalue weighted by molar-refractivity contribution is 8.01. The summed E-state index contributed by atoms with van der Waals surface area (Å²) >= 11 is 2.86. The Balaban J connectivity index is 1.17. The Bertz CT molecular complexity index is 1370. The molecule has 1 N–H and O–H groups in total. The van der Waals surface area contributed by atoms with Crippen LogP contribution in [0.2, 0.25) is 0 Å². The van der Waals surface area contributed by atoms with Gasteiger partial charge in [-0.15, -0.1) is 11.3 Å². The van der Waals surface area contributed by atoms with E-state index in [1.807, 2.05) is 44.2 Å². The van der Waals surface area contributed by atoms with Crippen LogP contribution >= 0.6 is 23.1 Å². The fourth-order valence-electron chi connectivity index (χ4n) is 5.45. The van der Waals surface area contributed by atoms with E-state index in [0.717, 1.165) is 37.8 Å². The lowest BCUT2D eigenvalue weighted by atomic mass is 9.85. The maximum atomic E-state index is 13.1. The number of allylic oxidation sites excluding steroid dienone is 2. The van der Waals surface area contributed by atoms with Crippen molar-refractivity contribution in [3.8, 4) is 0 Å². The highest BCUT2D eigenvalue weighted by Crippen LogP contribution is 2.53. The summed E-state index contributed by atoms with van der Waals surface area (Å²) in [6, 6.07) is 11.4. The second-order valence-electron chi connectivity index (χ2n) is 9.23. The SMILES string of the molecule is Cc1cccc(NC(=O)CSc2nc3ccc(N4C(=O)[C@@H]5[C@H](C4=O)[C@H]4C=C[C@H]5C4)cc3s2)c1C. The smallest absolute Gasteiger partial charge is 0.238 e. The Kier molecular flexibility index (Phi) is 5.11. The lowest BCUT2D eigenvalue weighted by Crippen LogP contribution is -2.32. The van der Waals surface area contributed by atoms with Gasteiger partial charge in [0.05, 0.1) is 33.5 Å². The fraction of sp³-hybridized carbons (Fsp3) is 0.308. The van der Waals surface area contributed by atoms with Crippen molar-refractivity contribution in [1.82, 2.24) is 4.98 Å². The molecule has 6 rings (SSSR count). The Hall–Kier alpha value is -2.97. The van der Waals surface area contributed by atoms with E-state index in [1.165, 1.54) is 28.0 Å². The molecular weight excluding hydrogens is 466 g/mol. The van der Waals surface area contributed by atoms with E-state index < -0.39 is 0 Å². The average Bonchev–Trinajstić information content (AvgIpc) is 3.58. The maximum absolute atomic E-state index is 13.1. The molecule has 2 aromatic carbocycles. The normalized spacial score (nSPS) is 24.9. The first-order chi connectivity index (χ1) is 16.4. The van der Waals surface area contributed by atoms with Crippen LogP contribution in [-0.2, 0) is 14.4 Å². The summed E-state index contributed by atoms with van der Waals surface area (Å²) in [5, 5.41) is 2.97. The number of benzene rings is 2.